The van der Waals surface area contributed by atoms with Gasteiger partial charge in [-0.25, -0.2) is 9.98 Å². The number of guanidine groups is 2. The van der Waals surface area contributed by atoms with Crippen molar-refractivity contribution in [3.05, 3.63) is 17.0 Å². The van der Waals surface area contributed by atoms with Crippen molar-refractivity contribution >= 4 is 28.3 Å². The van der Waals surface area contributed by atoms with Crippen LogP contribution in [0.2, 0.25) is 0 Å². The summed E-state index contributed by atoms with van der Waals surface area (Å²) in [6, 6.07) is 4.26. The molecular formula is C16H29N5S. The van der Waals surface area contributed by atoms with E-state index in [4.69, 9.17) is 0 Å². The zero-order valence-corrected chi connectivity index (χ0v) is 15.9. The minimum Gasteiger partial charge on any atom is -0.349 e. The molecule has 2 rings (SSSR count). The van der Waals surface area contributed by atoms with Gasteiger partial charge in [-0.1, -0.05) is 20.3 Å². The third-order valence-corrected chi connectivity index (χ3v) is 4.04. The fourth-order valence-corrected chi connectivity index (χ4v) is 2.87. The highest BCUT2D eigenvalue weighted by molar-refractivity contribution is 7.16. The number of hydrogen-bond donors (Lipinski definition) is 0. The van der Waals surface area contributed by atoms with E-state index in [1.807, 2.05) is 44.9 Å². The Bertz CT molecular complexity index is 532. The lowest BCUT2D eigenvalue weighted by molar-refractivity contribution is 0.499. The molecule has 0 spiro atoms. The summed E-state index contributed by atoms with van der Waals surface area (Å²) in [5.74, 6) is 1.85. The topological polar surface area (TPSA) is 34.4 Å². The molecule has 1 aliphatic rings. The van der Waals surface area contributed by atoms with Crippen LogP contribution >= 0.6 is 11.3 Å². The summed E-state index contributed by atoms with van der Waals surface area (Å²) < 4.78 is 0. The van der Waals surface area contributed by atoms with Gasteiger partial charge in [0.15, 0.2) is 0 Å². The van der Waals surface area contributed by atoms with Crippen molar-refractivity contribution in [2.24, 2.45) is 9.98 Å². The molecule has 0 N–H and O–H groups in total. The van der Waals surface area contributed by atoms with Crippen molar-refractivity contribution in [2.75, 3.05) is 33.1 Å². The molecule has 0 bridgehead atoms. The van der Waals surface area contributed by atoms with E-state index in [-0.39, 0.29) is 6.17 Å². The van der Waals surface area contributed by atoms with Crippen molar-refractivity contribution < 1.29 is 0 Å². The van der Waals surface area contributed by atoms with Crippen LogP contribution in [0.1, 0.15) is 32.1 Å². The molecule has 0 saturated carbocycles. The summed E-state index contributed by atoms with van der Waals surface area (Å²) in [4.78, 5) is 16.6. The molecule has 0 aliphatic carbocycles. The molecule has 0 saturated heterocycles. The van der Waals surface area contributed by atoms with E-state index in [1.165, 1.54) is 16.3 Å². The average molecular weight is 324 g/mol. The molecule has 1 aliphatic heterocycles. The van der Waals surface area contributed by atoms with Gasteiger partial charge >= 0.3 is 0 Å². The highest BCUT2D eigenvalue weighted by Gasteiger charge is 2.25. The van der Waals surface area contributed by atoms with Gasteiger partial charge in [-0.3, -0.25) is 4.90 Å². The summed E-state index contributed by atoms with van der Waals surface area (Å²) in [6.45, 7) is 8.37. The number of nitrogens with zero attached hydrogens (tertiary/aromatic N) is 5. The standard InChI is InChI=1S/C13H21N5S.C3H8/c1-9-7-8-11(19-9)17(5)13-15-10(2)14-12(16(3)4)18(13)6;1-3-2/h7-8,10H,1-6H3;3H2,1-2H3. The molecule has 5 nitrogen and oxygen atoms in total. The first kappa shape index (κ1) is 18.5. The lowest BCUT2D eigenvalue weighted by Gasteiger charge is -2.35. The molecule has 2 heterocycles. The minimum atomic E-state index is -0.0490. The van der Waals surface area contributed by atoms with Crippen LogP contribution in [0.4, 0.5) is 5.00 Å². The van der Waals surface area contributed by atoms with Gasteiger partial charge in [0.1, 0.15) is 6.17 Å². The third-order valence-electron chi connectivity index (χ3n) is 2.96. The predicted molar refractivity (Wildman–Crippen MR) is 99.2 cm³/mol. The fourth-order valence-electron chi connectivity index (χ4n) is 2.05. The lowest BCUT2D eigenvalue weighted by Crippen LogP contribution is -2.51. The Hall–Kier alpha value is -1.56. The SMILES string of the molecule is CCC.Cc1ccc(N(C)C2=NC(C)N=C(N(C)C)N2C)s1. The molecule has 1 aromatic heterocycles. The van der Waals surface area contributed by atoms with Gasteiger partial charge < -0.3 is 9.80 Å². The maximum atomic E-state index is 4.64. The molecule has 0 fully saturated rings. The van der Waals surface area contributed by atoms with Crippen LogP contribution in [0, 0.1) is 6.92 Å². The van der Waals surface area contributed by atoms with E-state index in [0.29, 0.717) is 0 Å². The van der Waals surface area contributed by atoms with Gasteiger partial charge in [0.2, 0.25) is 11.9 Å². The molecule has 0 radical (unpaired) electrons. The van der Waals surface area contributed by atoms with Gasteiger partial charge in [-0.2, -0.15) is 0 Å². The Labute approximate surface area is 139 Å². The normalized spacial score (nSPS) is 17.3. The van der Waals surface area contributed by atoms with Crippen LogP contribution in [0.3, 0.4) is 0 Å². The van der Waals surface area contributed by atoms with E-state index < -0.39 is 0 Å². The molecule has 0 amide bonds. The van der Waals surface area contributed by atoms with Crippen molar-refractivity contribution in [3.8, 4) is 0 Å². The molecule has 1 unspecified atom stereocenters. The summed E-state index contributed by atoms with van der Waals surface area (Å²) in [5.41, 5.74) is 0. The summed E-state index contributed by atoms with van der Waals surface area (Å²) in [5, 5.41) is 1.19. The Kier molecular flexibility index (Phi) is 6.87. The quantitative estimate of drug-likeness (QED) is 0.793. The summed E-state index contributed by atoms with van der Waals surface area (Å²) >= 11 is 1.77. The highest BCUT2D eigenvalue weighted by atomic mass is 32.1. The highest BCUT2D eigenvalue weighted by Crippen LogP contribution is 2.26. The Morgan fingerprint density at radius 2 is 1.68 bits per heavy atom. The maximum absolute atomic E-state index is 4.64. The maximum Gasteiger partial charge on any atom is 0.210 e. The van der Waals surface area contributed by atoms with E-state index in [0.717, 1.165) is 11.9 Å². The molecule has 1 atom stereocenters. The molecule has 6 heteroatoms. The first-order chi connectivity index (χ1) is 10.3. The zero-order chi connectivity index (χ0) is 16.9. The Balaban J connectivity index is 0.000000745. The number of aryl methyl sites for hydroxylation is 1. The van der Waals surface area contributed by atoms with Gasteiger partial charge in [0, 0.05) is 33.1 Å². The van der Waals surface area contributed by atoms with E-state index in [2.05, 4.69) is 47.8 Å². The van der Waals surface area contributed by atoms with Crippen LogP contribution in [0.25, 0.3) is 0 Å². The number of thiophene rings is 1. The Morgan fingerprint density at radius 3 is 2.14 bits per heavy atom. The van der Waals surface area contributed by atoms with E-state index in [9.17, 15) is 0 Å². The predicted octanol–water partition coefficient (Wildman–Crippen LogP) is 3.47. The van der Waals surface area contributed by atoms with Crippen LogP contribution in [-0.2, 0) is 0 Å². The van der Waals surface area contributed by atoms with Gasteiger partial charge in [0.25, 0.3) is 0 Å². The zero-order valence-electron chi connectivity index (χ0n) is 15.1. The molecule has 124 valence electrons. The number of anilines is 1. The van der Waals surface area contributed by atoms with Crippen molar-refractivity contribution in [3.63, 3.8) is 0 Å². The van der Waals surface area contributed by atoms with E-state index >= 15 is 0 Å². The number of hydrogen-bond acceptors (Lipinski definition) is 6. The molecular weight excluding hydrogens is 294 g/mol. The first-order valence-corrected chi connectivity index (χ1v) is 8.50. The smallest absolute Gasteiger partial charge is 0.210 e. The second-order valence-corrected chi connectivity index (χ2v) is 6.86. The fraction of sp³-hybridized carbons (Fsp3) is 0.625. The second-order valence-electron chi connectivity index (χ2n) is 5.59. The minimum absolute atomic E-state index is 0.0490. The van der Waals surface area contributed by atoms with Crippen LogP contribution < -0.4 is 4.90 Å². The van der Waals surface area contributed by atoms with Crippen LogP contribution in [0.5, 0.6) is 0 Å². The van der Waals surface area contributed by atoms with Crippen LogP contribution in [-0.4, -0.2) is 56.1 Å². The number of aliphatic imine (C=N–C) groups is 2. The van der Waals surface area contributed by atoms with Gasteiger partial charge in [-0.05, 0) is 26.0 Å². The van der Waals surface area contributed by atoms with Gasteiger partial charge in [-0.15, -0.1) is 11.3 Å². The van der Waals surface area contributed by atoms with Crippen molar-refractivity contribution in [2.45, 2.75) is 40.3 Å². The van der Waals surface area contributed by atoms with E-state index in [1.54, 1.807) is 11.3 Å². The molecule has 0 aromatic carbocycles. The van der Waals surface area contributed by atoms with Crippen molar-refractivity contribution in [1.82, 2.24) is 9.80 Å². The van der Waals surface area contributed by atoms with Gasteiger partial charge in [0.05, 0.1) is 5.00 Å². The number of rotatable bonds is 1. The average Bonchev–Trinajstić information content (AvgIpc) is 2.87. The third kappa shape index (κ3) is 4.47. The Morgan fingerprint density at radius 1 is 1.14 bits per heavy atom. The van der Waals surface area contributed by atoms with Crippen molar-refractivity contribution in [1.29, 1.82) is 0 Å². The summed E-state index contributed by atoms with van der Waals surface area (Å²) in [6.07, 6.45) is 1.20. The monoisotopic (exact) mass is 323 g/mol. The van der Waals surface area contributed by atoms with Crippen LogP contribution in [0.15, 0.2) is 22.1 Å². The largest absolute Gasteiger partial charge is 0.349 e. The lowest BCUT2D eigenvalue weighted by atomic mass is 10.4. The first-order valence-electron chi connectivity index (χ1n) is 7.68. The molecule has 22 heavy (non-hydrogen) atoms. The molecule has 1 aromatic rings. The second kappa shape index (κ2) is 8.17. The summed E-state index contributed by atoms with van der Waals surface area (Å²) in [7, 11) is 8.05.